The second kappa shape index (κ2) is 7.75. The summed E-state index contributed by atoms with van der Waals surface area (Å²) < 4.78 is 1.90. The zero-order chi connectivity index (χ0) is 14.2. The van der Waals surface area contributed by atoms with Gasteiger partial charge in [0.1, 0.15) is 0 Å². The Kier molecular flexibility index (Phi) is 5.68. The Balaban J connectivity index is 1.86. The molecule has 0 fully saturated rings. The van der Waals surface area contributed by atoms with Gasteiger partial charge in [0.05, 0.1) is 6.54 Å². The number of tetrazole rings is 1. The molecule has 0 aliphatic heterocycles. The topological polar surface area (TPSA) is 55.6 Å². The molecule has 0 spiro atoms. The summed E-state index contributed by atoms with van der Waals surface area (Å²) in [5.74, 6) is 1.43. The third kappa shape index (κ3) is 4.13. The van der Waals surface area contributed by atoms with E-state index in [1.807, 2.05) is 4.68 Å². The van der Waals surface area contributed by atoms with Crippen LogP contribution in [0.5, 0.6) is 0 Å². The highest BCUT2D eigenvalue weighted by atomic mass is 15.5. The maximum atomic E-state index is 4.08. The number of rotatable bonds is 8. The molecule has 0 bridgehead atoms. The Bertz CT molecular complexity index is 494. The third-order valence-corrected chi connectivity index (χ3v) is 3.46. The number of nitrogens with zero attached hydrogens (tertiary/aromatic N) is 4. The third-order valence-electron chi connectivity index (χ3n) is 3.46. The molecule has 0 radical (unpaired) electrons. The largest absolute Gasteiger partial charge is 0.310 e. The highest BCUT2D eigenvalue weighted by Crippen LogP contribution is 2.19. The first-order valence-electron chi connectivity index (χ1n) is 7.32. The summed E-state index contributed by atoms with van der Waals surface area (Å²) in [7, 11) is 0. The van der Waals surface area contributed by atoms with Gasteiger partial charge in [0.15, 0.2) is 5.82 Å². The maximum Gasteiger partial charge on any atom is 0.165 e. The Morgan fingerprint density at radius 2 is 2.05 bits per heavy atom. The van der Waals surface area contributed by atoms with Crippen molar-refractivity contribution in [2.45, 2.75) is 45.7 Å². The zero-order valence-corrected chi connectivity index (χ0v) is 12.3. The molecular weight excluding hydrogens is 250 g/mol. The van der Waals surface area contributed by atoms with Gasteiger partial charge in [-0.15, -0.1) is 5.10 Å². The van der Waals surface area contributed by atoms with E-state index in [1.54, 1.807) is 0 Å². The lowest BCUT2D eigenvalue weighted by molar-refractivity contribution is 0.493. The van der Waals surface area contributed by atoms with Gasteiger partial charge < -0.3 is 5.32 Å². The van der Waals surface area contributed by atoms with E-state index in [0.29, 0.717) is 5.92 Å². The molecule has 1 N–H and O–H groups in total. The first-order valence-corrected chi connectivity index (χ1v) is 7.32. The fraction of sp³-hybridized carbons (Fsp3) is 0.533. The van der Waals surface area contributed by atoms with Crippen LogP contribution in [0.4, 0.5) is 0 Å². The predicted molar refractivity (Wildman–Crippen MR) is 79.3 cm³/mol. The van der Waals surface area contributed by atoms with Crippen LogP contribution in [0.1, 0.15) is 44.0 Å². The van der Waals surface area contributed by atoms with Crippen LogP contribution >= 0.6 is 0 Å². The van der Waals surface area contributed by atoms with Crippen LogP contribution in [0.25, 0.3) is 0 Å². The minimum atomic E-state index is 0.511. The number of nitrogens with one attached hydrogen (secondary N) is 1. The molecule has 5 heteroatoms. The van der Waals surface area contributed by atoms with Crippen molar-refractivity contribution in [2.24, 2.45) is 0 Å². The summed E-state index contributed by atoms with van der Waals surface area (Å²) in [6.45, 7) is 6.98. The second-order valence-corrected chi connectivity index (χ2v) is 5.10. The Morgan fingerprint density at radius 3 is 2.80 bits per heavy atom. The van der Waals surface area contributed by atoms with Crippen molar-refractivity contribution >= 4 is 0 Å². The van der Waals surface area contributed by atoms with Crippen LogP contribution in [0, 0.1) is 0 Å². The highest BCUT2D eigenvalue weighted by Gasteiger charge is 2.09. The summed E-state index contributed by atoms with van der Waals surface area (Å²) in [5.41, 5.74) is 1.37. The fourth-order valence-electron chi connectivity index (χ4n) is 2.16. The average Bonchev–Trinajstić information content (AvgIpc) is 2.93. The molecule has 0 saturated carbocycles. The van der Waals surface area contributed by atoms with E-state index in [1.165, 1.54) is 5.56 Å². The fourth-order valence-corrected chi connectivity index (χ4v) is 2.16. The van der Waals surface area contributed by atoms with Crippen molar-refractivity contribution in [1.29, 1.82) is 0 Å². The number of hydrogen-bond acceptors (Lipinski definition) is 4. The Labute approximate surface area is 120 Å². The van der Waals surface area contributed by atoms with Crippen LogP contribution in [0.15, 0.2) is 30.3 Å². The maximum absolute atomic E-state index is 4.08. The van der Waals surface area contributed by atoms with Crippen molar-refractivity contribution in [2.75, 3.05) is 6.54 Å². The van der Waals surface area contributed by atoms with E-state index in [2.05, 4.69) is 65.0 Å². The molecule has 5 nitrogen and oxygen atoms in total. The smallest absolute Gasteiger partial charge is 0.165 e. The van der Waals surface area contributed by atoms with Gasteiger partial charge in [-0.3, -0.25) is 0 Å². The van der Waals surface area contributed by atoms with Crippen molar-refractivity contribution in [3.63, 3.8) is 0 Å². The van der Waals surface area contributed by atoms with Gasteiger partial charge >= 0.3 is 0 Å². The van der Waals surface area contributed by atoms with Gasteiger partial charge in [0.25, 0.3) is 0 Å². The number of aryl methyl sites for hydroxylation is 1. The van der Waals surface area contributed by atoms with Gasteiger partial charge in [-0.1, -0.05) is 44.2 Å². The van der Waals surface area contributed by atoms with Crippen LogP contribution in [-0.2, 0) is 13.1 Å². The van der Waals surface area contributed by atoms with Gasteiger partial charge in [0, 0.05) is 6.54 Å². The summed E-state index contributed by atoms with van der Waals surface area (Å²) >= 11 is 0. The van der Waals surface area contributed by atoms with E-state index in [9.17, 15) is 0 Å². The lowest BCUT2D eigenvalue weighted by Crippen LogP contribution is -2.18. The Morgan fingerprint density at radius 1 is 1.25 bits per heavy atom. The SMILES string of the molecule is CCCNCc1nnnn1CCC(C)c1ccccc1. The van der Waals surface area contributed by atoms with Gasteiger partial charge in [-0.05, 0) is 41.3 Å². The monoisotopic (exact) mass is 273 g/mol. The molecule has 1 aromatic heterocycles. The summed E-state index contributed by atoms with van der Waals surface area (Å²) in [6.07, 6.45) is 2.16. The molecule has 1 unspecified atom stereocenters. The molecule has 20 heavy (non-hydrogen) atoms. The summed E-state index contributed by atoms with van der Waals surface area (Å²) in [6, 6.07) is 10.6. The second-order valence-electron chi connectivity index (χ2n) is 5.10. The minimum absolute atomic E-state index is 0.511. The van der Waals surface area contributed by atoms with Crippen LogP contribution < -0.4 is 5.32 Å². The molecular formula is C15H23N5. The molecule has 1 heterocycles. The molecule has 0 saturated heterocycles. The van der Waals surface area contributed by atoms with E-state index in [4.69, 9.17) is 0 Å². The molecule has 0 aliphatic carbocycles. The summed E-state index contributed by atoms with van der Waals surface area (Å²) in [5, 5.41) is 15.3. The molecule has 0 amide bonds. The zero-order valence-electron chi connectivity index (χ0n) is 12.3. The lowest BCUT2D eigenvalue weighted by Gasteiger charge is -2.12. The lowest BCUT2D eigenvalue weighted by atomic mass is 9.98. The predicted octanol–water partition coefficient (Wildman–Crippen LogP) is 2.37. The van der Waals surface area contributed by atoms with Crippen molar-refractivity contribution < 1.29 is 0 Å². The van der Waals surface area contributed by atoms with Crippen molar-refractivity contribution in [1.82, 2.24) is 25.5 Å². The Hall–Kier alpha value is -1.75. The first-order chi connectivity index (χ1) is 9.81. The molecule has 2 rings (SSSR count). The molecule has 1 atom stereocenters. The number of aromatic nitrogens is 4. The van der Waals surface area contributed by atoms with E-state index < -0.39 is 0 Å². The van der Waals surface area contributed by atoms with Gasteiger partial charge in [0.2, 0.25) is 0 Å². The van der Waals surface area contributed by atoms with Crippen LogP contribution in [-0.4, -0.2) is 26.8 Å². The number of benzene rings is 1. The molecule has 0 aliphatic rings. The first kappa shape index (κ1) is 14.7. The normalized spacial score (nSPS) is 12.5. The van der Waals surface area contributed by atoms with Gasteiger partial charge in [-0.2, -0.15) is 0 Å². The summed E-state index contributed by atoms with van der Waals surface area (Å²) in [4.78, 5) is 0. The minimum Gasteiger partial charge on any atom is -0.310 e. The quantitative estimate of drug-likeness (QED) is 0.750. The molecule has 108 valence electrons. The molecule has 1 aromatic carbocycles. The van der Waals surface area contributed by atoms with Crippen molar-refractivity contribution in [3.8, 4) is 0 Å². The average molecular weight is 273 g/mol. The van der Waals surface area contributed by atoms with E-state index in [-0.39, 0.29) is 0 Å². The van der Waals surface area contributed by atoms with Gasteiger partial charge in [-0.25, -0.2) is 4.68 Å². The van der Waals surface area contributed by atoms with E-state index in [0.717, 1.165) is 38.3 Å². The molecule has 2 aromatic rings. The van der Waals surface area contributed by atoms with Crippen LogP contribution in [0.2, 0.25) is 0 Å². The highest BCUT2D eigenvalue weighted by molar-refractivity contribution is 5.18. The standard InChI is InChI=1S/C15H23N5/c1-3-10-16-12-15-17-18-19-20(15)11-9-13(2)14-7-5-4-6-8-14/h4-8,13,16H,3,9-12H2,1-2H3. The van der Waals surface area contributed by atoms with Crippen LogP contribution in [0.3, 0.4) is 0 Å². The van der Waals surface area contributed by atoms with E-state index >= 15 is 0 Å². The number of hydrogen-bond donors (Lipinski definition) is 1. The van der Waals surface area contributed by atoms with Crippen molar-refractivity contribution in [3.05, 3.63) is 41.7 Å².